The molecule has 3 aromatic rings. The van der Waals surface area contributed by atoms with Crippen LogP contribution in [0.1, 0.15) is 5.82 Å². The van der Waals surface area contributed by atoms with Crippen LogP contribution in [0, 0.1) is 0 Å². The summed E-state index contributed by atoms with van der Waals surface area (Å²) in [7, 11) is 0. The number of hydrogen-bond donors (Lipinski definition) is 2. The standard InChI is InChI=1S/C18H19N7O.C2HF3O2/c26-16(13-15-21-17(23-22-15)14-5-2-1-3-6-14)24-9-11-25(12-10-24)18-19-7-4-8-20-18;3-2(4,5)1(6)7/h1-8H,9-13H2,(H,21,22,23);(H,6,7). The Kier molecular flexibility index (Phi) is 7.53. The molecule has 2 N–H and O–H groups in total. The normalized spacial score (nSPS) is 13.8. The third kappa shape index (κ3) is 6.72. The minimum Gasteiger partial charge on any atom is -0.475 e. The summed E-state index contributed by atoms with van der Waals surface area (Å²) in [5.41, 5.74) is 0.930. The number of hydrogen-bond acceptors (Lipinski definition) is 7. The smallest absolute Gasteiger partial charge is 0.475 e. The van der Waals surface area contributed by atoms with E-state index in [-0.39, 0.29) is 12.3 Å². The van der Waals surface area contributed by atoms with Crippen LogP contribution in [0.3, 0.4) is 0 Å². The number of carbonyl (C=O) groups is 2. The third-order valence-electron chi connectivity index (χ3n) is 4.59. The first-order valence-corrected chi connectivity index (χ1v) is 9.80. The molecule has 0 saturated carbocycles. The molecule has 0 unspecified atom stereocenters. The lowest BCUT2D eigenvalue weighted by atomic mass is 10.2. The third-order valence-corrected chi connectivity index (χ3v) is 4.59. The van der Waals surface area contributed by atoms with Gasteiger partial charge in [-0.2, -0.15) is 18.3 Å². The van der Waals surface area contributed by atoms with Gasteiger partial charge in [-0.3, -0.25) is 9.89 Å². The number of aromatic nitrogens is 5. The van der Waals surface area contributed by atoms with Crippen LogP contribution >= 0.6 is 0 Å². The second-order valence-corrected chi connectivity index (χ2v) is 6.87. The van der Waals surface area contributed by atoms with Crippen molar-refractivity contribution in [2.24, 2.45) is 0 Å². The van der Waals surface area contributed by atoms with E-state index in [2.05, 4.69) is 30.0 Å². The average Bonchev–Trinajstić information content (AvgIpc) is 3.28. The molecule has 33 heavy (non-hydrogen) atoms. The van der Waals surface area contributed by atoms with Crippen molar-refractivity contribution in [1.82, 2.24) is 30.0 Å². The molecule has 0 radical (unpaired) electrons. The minimum atomic E-state index is -5.08. The Labute approximate surface area is 186 Å². The average molecular weight is 463 g/mol. The first-order chi connectivity index (χ1) is 15.7. The molecule has 3 heterocycles. The molecule has 0 atom stereocenters. The summed E-state index contributed by atoms with van der Waals surface area (Å²) in [5.74, 6) is -0.800. The van der Waals surface area contributed by atoms with Gasteiger partial charge in [0.05, 0.1) is 6.42 Å². The van der Waals surface area contributed by atoms with Gasteiger partial charge in [0.2, 0.25) is 11.9 Å². The summed E-state index contributed by atoms with van der Waals surface area (Å²) in [6.45, 7) is 2.75. The number of aromatic amines is 1. The molecular formula is C20H20F3N7O3. The number of carboxylic acid groups (broad SMARTS) is 1. The number of amides is 1. The van der Waals surface area contributed by atoms with Crippen LogP contribution in [0.2, 0.25) is 0 Å². The van der Waals surface area contributed by atoms with Crippen molar-refractivity contribution in [3.63, 3.8) is 0 Å². The van der Waals surface area contributed by atoms with E-state index in [1.165, 1.54) is 0 Å². The molecule has 10 nitrogen and oxygen atoms in total. The van der Waals surface area contributed by atoms with Crippen molar-refractivity contribution in [3.8, 4) is 11.4 Å². The van der Waals surface area contributed by atoms with E-state index >= 15 is 0 Å². The number of carboxylic acids is 1. The lowest BCUT2D eigenvalue weighted by Crippen LogP contribution is -2.49. The van der Waals surface area contributed by atoms with Gasteiger partial charge in [-0.25, -0.2) is 19.7 Å². The van der Waals surface area contributed by atoms with E-state index < -0.39 is 12.1 Å². The minimum absolute atomic E-state index is 0.0504. The summed E-state index contributed by atoms with van der Waals surface area (Å²) < 4.78 is 31.7. The van der Waals surface area contributed by atoms with E-state index in [0.29, 0.717) is 30.7 Å². The zero-order valence-corrected chi connectivity index (χ0v) is 17.2. The van der Waals surface area contributed by atoms with Crippen LogP contribution < -0.4 is 4.90 Å². The van der Waals surface area contributed by atoms with Gasteiger partial charge in [0.15, 0.2) is 5.82 Å². The van der Waals surface area contributed by atoms with Gasteiger partial charge in [0.25, 0.3) is 0 Å². The zero-order valence-electron chi connectivity index (χ0n) is 17.2. The van der Waals surface area contributed by atoms with Gasteiger partial charge < -0.3 is 14.9 Å². The second-order valence-electron chi connectivity index (χ2n) is 6.87. The number of benzene rings is 1. The highest BCUT2D eigenvalue weighted by atomic mass is 19.4. The Hall–Kier alpha value is -4.03. The summed E-state index contributed by atoms with van der Waals surface area (Å²) in [4.78, 5) is 38.3. The van der Waals surface area contributed by atoms with Crippen LogP contribution in [-0.2, 0) is 16.0 Å². The predicted molar refractivity (Wildman–Crippen MR) is 110 cm³/mol. The Balaban J connectivity index is 0.000000383. The van der Waals surface area contributed by atoms with Crippen LogP contribution in [0.5, 0.6) is 0 Å². The zero-order chi connectivity index (χ0) is 23.8. The molecule has 4 rings (SSSR count). The summed E-state index contributed by atoms with van der Waals surface area (Å²) in [6.07, 6.45) is -1.40. The second kappa shape index (κ2) is 10.5. The topological polar surface area (TPSA) is 128 Å². The van der Waals surface area contributed by atoms with Crippen LogP contribution in [-0.4, -0.2) is 79.4 Å². The first kappa shape index (κ1) is 23.6. The van der Waals surface area contributed by atoms with Gasteiger partial charge >= 0.3 is 12.1 Å². The van der Waals surface area contributed by atoms with Gasteiger partial charge in [0.1, 0.15) is 5.82 Å². The summed E-state index contributed by atoms with van der Waals surface area (Å²) in [5, 5.41) is 14.2. The monoisotopic (exact) mass is 463 g/mol. The number of halogens is 3. The van der Waals surface area contributed by atoms with E-state index in [1.54, 1.807) is 18.5 Å². The number of nitrogens with zero attached hydrogens (tertiary/aromatic N) is 6. The maximum absolute atomic E-state index is 12.5. The SMILES string of the molecule is O=C(Cc1nc(-c2ccccc2)n[nH]1)N1CCN(c2ncccn2)CC1.O=C(O)C(F)(F)F. The molecule has 1 aliphatic heterocycles. The molecule has 0 bridgehead atoms. The number of piperazine rings is 1. The van der Waals surface area contributed by atoms with Crippen molar-refractivity contribution in [1.29, 1.82) is 0 Å². The fourth-order valence-electron chi connectivity index (χ4n) is 2.96. The molecule has 13 heteroatoms. The highest BCUT2D eigenvalue weighted by Gasteiger charge is 2.38. The Morgan fingerprint density at radius 3 is 2.18 bits per heavy atom. The fourth-order valence-corrected chi connectivity index (χ4v) is 2.96. The Morgan fingerprint density at radius 2 is 1.61 bits per heavy atom. The van der Waals surface area contributed by atoms with Gasteiger partial charge in [0, 0.05) is 44.1 Å². The number of alkyl halides is 3. The largest absolute Gasteiger partial charge is 0.490 e. The van der Waals surface area contributed by atoms with Gasteiger partial charge in [-0.15, -0.1) is 0 Å². The maximum atomic E-state index is 12.5. The molecule has 1 aliphatic rings. The number of anilines is 1. The molecule has 1 fully saturated rings. The van der Waals surface area contributed by atoms with Crippen LogP contribution in [0.25, 0.3) is 11.4 Å². The number of carbonyl (C=O) groups excluding carboxylic acids is 1. The lowest BCUT2D eigenvalue weighted by Gasteiger charge is -2.34. The number of rotatable bonds is 4. The fraction of sp³-hybridized carbons (Fsp3) is 0.300. The predicted octanol–water partition coefficient (Wildman–Crippen LogP) is 1.79. The number of aliphatic carboxylic acids is 1. The van der Waals surface area contributed by atoms with E-state index in [1.807, 2.05) is 35.2 Å². The molecular weight excluding hydrogens is 443 g/mol. The molecule has 1 aromatic carbocycles. The maximum Gasteiger partial charge on any atom is 0.490 e. The van der Waals surface area contributed by atoms with E-state index in [9.17, 15) is 18.0 Å². The molecule has 1 amide bonds. The lowest BCUT2D eigenvalue weighted by molar-refractivity contribution is -0.192. The van der Waals surface area contributed by atoms with Gasteiger partial charge in [-0.05, 0) is 6.07 Å². The summed E-state index contributed by atoms with van der Waals surface area (Å²) in [6, 6.07) is 11.5. The Bertz CT molecular complexity index is 1050. The van der Waals surface area contributed by atoms with Gasteiger partial charge in [-0.1, -0.05) is 30.3 Å². The van der Waals surface area contributed by atoms with Crippen molar-refractivity contribution in [3.05, 3.63) is 54.6 Å². The quantitative estimate of drug-likeness (QED) is 0.599. The van der Waals surface area contributed by atoms with E-state index in [4.69, 9.17) is 9.90 Å². The number of H-pyrrole nitrogens is 1. The molecule has 2 aromatic heterocycles. The van der Waals surface area contributed by atoms with Crippen molar-refractivity contribution in [2.45, 2.75) is 12.6 Å². The molecule has 0 spiro atoms. The molecule has 1 saturated heterocycles. The highest BCUT2D eigenvalue weighted by molar-refractivity contribution is 5.78. The van der Waals surface area contributed by atoms with Crippen LogP contribution in [0.4, 0.5) is 19.1 Å². The van der Waals surface area contributed by atoms with Crippen molar-refractivity contribution < 1.29 is 27.9 Å². The van der Waals surface area contributed by atoms with Crippen molar-refractivity contribution in [2.75, 3.05) is 31.1 Å². The van der Waals surface area contributed by atoms with E-state index in [0.717, 1.165) is 18.7 Å². The first-order valence-electron chi connectivity index (χ1n) is 9.80. The molecule has 174 valence electrons. The van der Waals surface area contributed by atoms with Crippen molar-refractivity contribution >= 4 is 17.8 Å². The Morgan fingerprint density at radius 1 is 1.00 bits per heavy atom. The van der Waals surface area contributed by atoms with Crippen LogP contribution in [0.15, 0.2) is 48.8 Å². The highest BCUT2D eigenvalue weighted by Crippen LogP contribution is 2.15. The molecule has 0 aliphatic carbocycles. The number of nitrogens with one attached hydrogen (secondary N) is 1. The summed E-state index contributed by atoms with van der Waals surface area (Å²) >= 11 is 0.